The first-order valence-electron chi connectivity index (χ1n) is 5.36. The number of para-hydroxylation sites is 1. The van der Waals surface area contributed by atoms with Crippen molar-refractivity contribution >= 4 is 29.1 Å². The second-order valence-corrected chi connectivity index (χ2v) is 5.05. The number of hydrogen-bond acceptors (Lipinski definition) is 4. The van der Waals surface area contributed by atoms with Crippen molar-refractivity contribution in [3.8, 4) is 0 Å². The van der Waals surface area contributed by atoms with Crippen LogP contribution in [0.4, 0.5) is 11.4 Å². The van der Waals surface area contributed by atoms with Gasteiger partial charge >= 0.3 is 5.97 Å². The zero-order valence-electron chi connectivity index (χ0n) is 10.1. The lowest BCUT2D eigenvalue weighted by molar-refractivity contribution is -0.136. The highest BCUT2D eigenvalue weighted by Gasteiger charge is 2.06. The Hall–Kier alpha value is -1.36. The molecular weight excluding hydrogens is 236 g/mol. The van der Waals surface area contributed by atoms with Crippen LogP contribution in [0, 0.1) is 0 Å². The molecule has 0 saturated carbocycles. The molecule has 0 radical (unpaired) electrons. The Bertz CT molecular complexity index is 394. The zero-order chi connectivity index (χ0) is 12.8. The molecule has 5 heteroatoms. The number of rotatable bonds is 6. The molecule has 3 N–H and O–H groups in total. The topological polar surface area (TPSA) is 66.6 Å². The van der Waals surface area contributed by atoms with Crippen LogP contribution in [-0.4, -0.2) is 30.9 Å². The minimum atomic E-state index is -0.757. The molecule has 17 heavy (non-hydrogen) atoms. The minimum Gasteiger partial charge on any atom is -0.481 e. The summed E-state index contributed by atoms with van der Waals surface area (Å²) in [5.74, 6) is 0.606. The van der Waals surface area contributed by atoms with Crippen LogP contribution in [0.15, 0.2) is 18.2 Å². The van der Waals surface area contributed by atoms with Gasteiger partial charge in [-0.25, -0.2) is 0 Å². The van der Waals surface area contributed by atoms with E-state index in [0.29, 0.717) is 5.75 Å². The average Bonchev–Trinajstić information content (AvgIpc) is 2.25. The number of aliphatic carboxylic acids is 1. The molecule has 0 bridgehead atoms. The third-order valence-corrected chi connectivity index (χ3v) is 3.38. The molecule has 0 aromatic heterocycles. The fraction of sp³-hybridized carbons (Fsp3) is 0.417. The lowest BCUT2D eigenvalue weighted by Gasteiger charge is -2.17. The van der Waals surface area contributed by atoms with E-state index in [1.807, 2.05) is 37.2 Å². The van der Waals surface area contributed by atoms with E-state index in [9.17, 15) is 4.79 Å². The van der Waals surface area contributed by atoms with Crippen molar-refractivity contribution in [1.82, 2.24) is 0 Å². The molecule has 0 atom stereocenters. The molecule has 0 aliphatic heterocycles. The lowest BCUT2D eigenvalue weighted by atomic mass is 10.1. The second-order valence-electron chi connectivity index (χ2n) is 3.94. The number of nitrogens with zero attached hydrogens (tertiary/aromatic N) is 1. The van der Waals surface area contributed by atoms with Gasteiger partial charge < -0.3 is 15.7 Å². The van der Waals surface area contributed by atoms with Gasteiger partial charge in [-0.2, -0.15) is 11.8 Å². The molecule has 0 unspecified atom stereocenters. The van der Waals surface area contributed by atoms with Gasteiger partial charge in [0.05, 0.1) is 17.8 Å². The molecule has 0 amide bonds. The summed E-state index contributed by atoms with van der Waals surface area (Å²) in [6.07, 6.45) is 0.192. The molecule has 0 spiro atoms. The Morgan fingerprint density at radius 3 is 2.76 bits per heavy atom. The molecular formula is C12H18N2O2S. The van der Waals surface area contributed by atoms with Crippen LogP contribution in [0.3, 0.4) is 0 Å². The normalized spacial score (nSPS) is 10.2. The number of carboxylic acids is 1. The molecule has 0 aliphatic rings. The van der Waals surface area contributed by atoms with Crippen molar-refractivity contribution in [2.45, 2.75) is 12.2 Å². The van der Waals surface area contributed by atoms with Crippen molar-refractivity contribution < 1.29 is 9.90 Å². The Balaban J connectivity index is 2.59. The van der Waals surface area contributed by atoms with E-state index in [0.717, 1.165) is 22.7 Å². The molecule has 0 heterocycles. The molecule has 0 aliphatic carbocycles. The summed E-state index contributed by atoms with van der Waals surface area (Å²) in [4.78, 5) is 12.3. The molecule has 4 nitrogen and oxygen atoms in total. The molecule has 1 rings (SSSR count). The quantitative estimate of drug-likeness (QED) is 0.600. The highest BCUT2D eigenvalue weighted by atomic mass is 32.2. The zero-order valence-corrected chi connectivity index (χ0v) is 11.0. The van der Waals surface area contributed by atoms with Gasteiger partial charge in [-0.15, -0.1) is 0 Å². The van der Waals surface area contributed by atoms with Gasteiger partial charge in [0.15, 0.2) is 0 Å². The van der Waals surface area contributed by atoms with Gasteiger partial charge in [-0.3, -0.25) is 4.79 Å². The Morgan fingerprint density at radius 2 is 2.18 bits per heavy atom. The van der Waals surface area contributed by atoms with E-state index >= 15 is 0 Å². The van der Waals surface area contributed by atoms with Crippen molar-refractivity contribution in [3.63, 3.8) is 0 Å². The van der Waals surface area contributed by atoms with Crippen molar-refractivity contribution in [2.24, 2.45) is 0 Å². The number of anilines is 2. The predicted octanol–water partition coefficient (Wildman–Crippen LogP) is 2.04. The SMILES string of the molecule is CN(C)c1cccc(CSCCC(=O)O)c1N. The summed E-state index contributed by atoms with van der Waals surface area (Å²) in [6.45, 7) is 0. The van der Waals surface area contributed by atoms with Crippen LogP contribution in [0.2, 0.25) is 0 Å². The maximum absolute atomic E-state index is 10.4. The molecule has 94 valence electrons. The summed E-state index contributed by atoms with van der Waals surface area (Å²) in [6, 6.07) is 5.93. The summed E-state index contributed by atoms with van der Waals surface area (Å²) in [7, 11) is 3.90. The fourth-order valence-corrected chi connectivity index (χ4v) is 2.39. The van der Waals surface area contributed by atoms with E-state index in [-0.39, 0.29) is 6.42 Å². The van der Waals surface area contributed by atoms with Crippen LogP contribution < -0.4 is 10.6 Å². The van der Waals surface area contributed by atoms with Crippen LogP contribution in [-0.2, 0) is 10.5 Å². The predicted molar refractivity (Wildman–Crippen MR) is 73.6 cm³/mol. The van der Waals surface area contributed by atoms with Gasteiger partial charge in [-0.05, 0) is 11.6 Å². The first kappa shape index (κ1) is 13.7. The van der Waals surface area contributed by atoms with Crippen LogP contribution >= 0.6 is 11.8 Å². The molecule has 0 fully saturated rings. The summed E-state index contributed by atoms with van der Waals surface area (Å²) < 4.78 is 0. The van der Waals surface area contributed by atoms with Crippen molar-refractivity contribution in [2.75, 3.05) is 30.5 Å². The summed E-state index contributed by atoms with van der Waals surface area (Å²) >= 11 is 1.59. The molecule has 1 aromatic carbocycles. The van der Waals surface area contributed by atoms with Gasteiger partial charge in [-0.1, -0.05) is 12.1 Å². The lowest BCUT2D eigenvalue weighted by Crippen LogP contribution is -2.12. The summed E-state index contributed by atoms with van der Waals surface area (Å²) in [5, 5.41) is 8.54. The first-order valence-corrected chi connectivity index (χ1v) is 6.52. The monoisotopic (exact) mass is 254 g/mol. The third kappa shape index (κ3) is 4.19. The van der Waals surface area contributed by atoms with Gasteiger partial charge in [0, 0.05) is 25.6 Å². The Labute approximate surface area is 106 Å². The maximum Gasteiger partial charge on any atom is 0.304 e. The van der Waals surface area contributed by atoms with E-state index < -0.39 is 5.97 Å². The summed E-state index contributed by atoms with van der Waals surface area (Å²) in [5.41, 5.74) is 8.90. The Kier molecular flexibility index (Phi) is 5.15. The fourth-order valence-electron chi connectivity index (χ4n) is 1.46. The number of nitrogens with two attached hydrogens (primary N) is 1. The van der Waals surface area contributed by atoms with Crippen molar-refractivity contribution in [3.05, 3.63) is 23.8 Å². The standard InChI is InChI=1S/C12H18N2O2S/c1-14(2)10-5-3-4-9(12(10)13)8-17-7-6-11(15)16/h3-5H,6-8,13H2,1-2H3,(H,15,16). The van der Waals surface area contributed by atoms with Crippen LogP contribution in [0.1, 0.15) is 12.0 Å². The molecule has 1 aromatic rings. The highest BCUT2D eigenvalue weighted by Crippen LogP contribution is 2.27. The molecule has 0 saturated heterocycles. The Morgan fingerprint density at radius 1 is 1.47 bits per heavy atom. The van der Waals surface area contributed by atoms with E-state index in [2.05, 4.69) is 0 Å². The van der Waals surface area contributed by atoms with Crippen LogP contribution in [0.25, 0.3) is 0 Å². The largest absolute Gasteiger partial charge is 0.481 e. The number of carboxylic acid groups (broad SMARTS) is 1. The van der Waals surface area contributed by atoms with E-state index in [1.165, 1.54) is 0 Å². The minimum absolute atomic E-state index is 0.192. The van der Waals surface area contributed by atoms with Gasteiger partial charge in [0.1, 0.15) is 0 Å². The smallest absolute Gasteiger partial charge is 0.304 e. The van der Waals surface area contributed by atoms with Gasteiger partial charge in [0.2, 0.25) is 0 Å². The highest BCUT2D eigenvalue weighted by molar-refractivity contribution is 7.98. The average molecular weight is 254 g/mol. The first-order chi connectivity index (χ1) is 8.02. The van der Waals surface area contributed by atoms with Crippen molar-refractivity contribution in [1.29, 1.82) is 0 Å². The number of benzene rings is 1. The number of hydrogen-bond donors (Lipinski definition) is 2. The number of nitrogen functional groups attached to an aromatic ring is 1. The van der Waals surface area contributed by atoms with Crippen LogP contribution in [0.5, 0.6) is 0 Å². The number of thioether (sulfide) groups is 1. The third-order valence-electron chi connectivity index (χ3n) is 2.37. The van der Waals surface area contributed by atoms with Gasteiger partial charge in [0.25, 0.3) is 0 Å². The van der Waals surface area contributed by atoms with E-state index in [4.69, 9.17) is 10.8 Å². The van der Waals surface area contributed by atoms with E-state index in [1.54, 1.807) is 11.8 Å². The maximum atomic E-state index is 10.4. The number of carbonyl (C=O) groups is 1. The second kappa shape index (κ2) is 6.39.